The molecule has 0 unspecified atom stereocenters. The maximum atomic E-state index is 11.9. The van der Waals surface area contributed by atoms with Gasteiger partial charge in [-0.25, -0.2) is 22.7 Å². The minimum Gasteiger partial charge on any atom is -0.381 e. The number of anilines is 1. The number of ether oxygens (including phenoxy) is 1. The van der Waals surface area contributed by atoms with E-state index in [1.165, 1.54) is 6.42 Å². The van der Waals surface area contributed by atoms with Gasteiger partial charge in [0.25, 0.3) is 0 Å². The highest BCUT2D eigenvalue weighted by Crippen LogP contribution is 2.27. The summed E-state index contributed by atoms with van der Waals surface area (Å²) in [5, 5.41) is 0.569. The van der Waals surface area contributed by atoms with Crippen molar-refractivity contribution in [3.8, 4) is 0 Å². The van der Waals surface area contributed by atoms with Crippen molar-refractivity contribution in [1.82, 2.24) is 14.3 Å². The highest BCUT2D eigenvalue weighted by molar-refractivity contribution is 7.89. The van der Waals surface area contributed by atoms with Crippen LogP contribution in [0, 0.1) is 17.8 Å². The van der Waals surface area contributed by atoms with Gasteiger partial charge in [0, 0.05) is 39.4 Å². The Kier molecular flexibility index (Phi) is 8.74. The van der Waals surface area contributed by atoms with Gasteiger partial charge in [-0.3, -0.25) is 0 Å². The van der Waals surface area contributed by atoms with Gasteiger partial charge < -0.3 is 9.64 Å². The summed E-state index contributed by atoms with van der Waals surface area (Å²) in [6, 6.07) is 0. The van der Waals surface area contributed by atoms with E-state index in [1.54, 1.807) is 23.6 Å². The maximum absolute atomic E-state index is 11.9. The van der Waals surface area contributed by atoms with Crippen LogP contribution < -0.4 is 4.90 Å². The Bertz CT molecular complexity index is 746. The van der Waals surface area contributed by atoms with E-state index in [4.69, 9.17) is 16.3 Å². The largest absolute Gasteiger partial charge is 0.381 e. The quantitative estimate of drug-likeness (QED) is 0.564. The molecule has 0 N–H and O–H groups in total. The van der Waals surface area contributed by atoms with E-state index < -0.39 is 10.0 Å². The van der Waals surface area contributed by atoms with Crippen molar-refractivity contribution in [2.24, 2.45) is 17.8 Å². The highest BCUT2D eigenvalue weighted by Gasteiger charge is 2.27. The van der Waals surface area contributed by atoms with E-state index in [2.05, 4.69) is 21.8 Å². The van der Waals surface area contributed by atoms with Gasteiger partial charge in [0.05, 0.1) is 23.2 Å². The van der Waals surface area contributed by atoms with Gasteiger partial charge in [-0.05, 0) is 56.8 Å². The Morgan fingerprint density at radius 3 is 2.30 bits per heavy atom. The van der Waals surface area contributed by atoms with Crippen LogP contribution in [0.5, 0.6) is 0 Å². The van der Waals surface area contributed by atoms with Gasteiger partial charge in [0.15, 0.2) is 0 Å². The summed E-state index contributed by atoms with van der Waals surface area (Å²) in [6.07, 6.45) is 8.60. The summed E-state index contributed by atoms with van der Waals surface area (Å²) < 4.78 is 31.5. The predicted molar refractivity (Wildman–Crippen MR) is 120 cm³/mol. The molecule has 2 aliphatic heterocycles. The highest BCUT2D eigenvalue weighted by atomic mass is 35.5. The summed E-state index contributed by atoms with van der Waals surface area (Å²) in [7, 11) is -3.04. The van der Waals surface area contributed by atoms with Crippen LogP contribution in [0.3, 0.4) is 0 Å². The van der Waals surface area contributed by atoms with Gasteiger partial charge in [0.1, 0.15) is 0 Å². The lowest BCUT2D eigenvalue weighted by atomic mass is 9.88. The fourth-order valence-electron chi connectivity index (χ4n) is 4.45. The van der Waals surface area contributed by atoms with Gasteiger partial charge in [0.2, 0.25) is 16.0 Å². The first-order valence-corrected chi connectivity index (χ1v) is 13.1. The molecule has 2 saturated heterocycles. The number of hydrogen-bond donors (Lipinski definition) is 0. The minimum atomic E-state index is -3.04. The zero-order chi connectivity index (χ0) is 21.6. The Balaban J connectivity index is 1.29. The fourth-order valence-corrected chi connectivity index (χ4v) is 5.68. The normalized spacial score (nSPS) is 21.1. The number of piperidine rings is 2. The van der Waals surface area contributed by atoms with Crippen LogP contribution in [-0.2, 0) is 14.8 Å². The first-order valence-electron chi connectivity index (χ1n) is 11.2. The van der Waals surface area contributed by atoms with E-state index in [-0.39, 0.29) is 5.75 Å². The molecule has 9 heteroatoms. The molecule has 0 aromatic carbocycles. The standard InChI is InChI=1S/C21H35ClN4O3S/c1-3-30(27,28)26-10-6-19(7-11-26)16-29-15-17(2)12-18-4-8-25(9-5-18)21-23-13-20(22)14-24-21/h13-14,17-19H,3-12,15-16H2,1-2H3/t17-/m1/s1. The van der Waals surface area contributed by atoms with Gasteiger partial charge in [-0.15, -0.1) is 0 Å². The molecule has 3 rings (SSSR count). The smallest absolute Gasteiger partial charge is 0.225 e. The van der Waals surface area contributed by atoms with Crippen LogP contribution in [0.2, 0.25) is 5.02 Å². The summed E-state index contributed by atoms with van der Waals surface area (Å²) in [5.74, 6) is 2.69. The first kappa shape index (κ1) is 23.7. The molecule has 3 heterocycles. The summed E-state index contributed by atoms with van der Waals surface area (Å²) in [4.78, 5) is 10.9. The number of hydrogen-bond acceptors (Lipinski definition) is 6. The van der Waals surface area contributed by atoms with Crippen molar-refractivity contribution in [3.05, 3.63) is 17.4 Å². The lowest BCUT2D eigenvalue weighted by Gasteiger charge is -2.33. The molecule has 170 valence electrons. The third kappa shape index (κ3) is 6.77. The van der Waals surface area contributed by atoms with Crippen LogP contribution in [0.4, 0.5) is 5.95 Å². The molecular weight excluding hydrogens is 424 g/mol. The van der Waals surface area contributed by atoms with Gasteiger partial charge >= 0.3 is 0 Å². The Morgan fingerprint density at radius 2 is 1.70 bits per heavy atom. The van der Waals surface area contributed by atoms with E-state index in [0.29, 0.717) is 29.9 Å². The van der Waals surface area contributed by atoms with E-state index in [0.717, 1.165) is 63.9 Å². The molecule has 0 bridgehead atoms. The van der Waals surface area contributed by atoms with E-state index in [1.807, 2.05) is 0 Å². The topological polar surface area (TPSA) is 75.6 Å². The third-order valence-corrected chi connectivity index (χ3v) is 8.40. The SMILES string of the molecule is CCS(=O)(=O)N1CCC(COC[C@H](C)CC2CCN(c3ncc(Cl)cn3)CC2)CC1. The van der Waals surface area contributed by atoms with Gasteiger partial charge in [-0.2, -0.15) is 0 Å². The number of sulfonamides is 1. The molecule has 1 aromatic heterocycles. The number of rotatable bonds is 9. The molecule has 2 aliphatic rings. The van der Waals surface area contributed by atoms with Gasteiger partial charge in [-0.1, -0.05) is 18.5 Å². The summed E-state index contributed by atoms with van der Waals surface area (Å²) in [5.41, 5.74) is 0. The lowest BCUT2D eigenvalue weighted by Crippen LogP contribution is -2.40. The molecule has 1 atom stereocenters. The second kappa shape index (κ2) is 11.1. The van der Waals surface area contributed by atoms with Crippen molar-refractivity contribution in [3.63, 3.8) is 0 Å². The van der Waals surface area contributed by atoms with Crippen molar-refractivity contribution in [2.75, 3.05) is 50.0 Å². The van der Waals surface area contributed by atoms with Crippen molar-refractivity contribution in [2.45, 2.75) is 46.0 Å². The zero-order valence-electron chi connectivity index (χ0n) is 18.2. The molecule has 0 saturated carbocycles. The summed E-state index contributed by atoms with van der Waals surface area (Å²) >= 11 is 5.87. The first-order chi connectivity index (χ1) is 14.4. The van der Waals surface area contributed by atoms with Crippen LogP contribution in [0.1, 0.15) is 46.0 Å². The van der Waals surface area contributed by atoms with Crippen LogP contribution in [0.15, 0.2) is 12.4 Å². The Labute approximate surface area is 186 Å². The molecule has 0 aliphatic carbocycles. The predicted octanol–water partition coefficient (Wildman–Crippen LogP) is 3.45. The molecular formula is C21H35ClN4O3S. The second-order valence-corrected chi connectivity index (χ2v) is 11.4. The van der Waals surface area contributed by atoms with Crippen molar-refractivity contribution >= 4 is 27.6 Å². The molecule has 0 spiro atoms. The monoisotopic (exact) mass is 458 g/mol. The molecule has 1 aromatic rings. The minimum absolute atomic E-state index is 0.192. The molecule has 0 amide bonds. The van der Waals surface area contributed by atoms with Crippen LogP contribution >= 0.6 is 11.6 Å². The van der Waals surface area contributed by atoms with Crippen LogP contribution in [-0.4, -0.2) is 67.8 Å². The van der Waals surface area contributed by atoms with E-state index in [9.17, 15) is 8.42 Å². The zero-order valence-corrected chi connectivity index (χ0v) is 19.7. The Hall–Kier alpha value is -0.960. The average molecular weight is 459 g/mol. The summed E-state index contributed by atoms with van der Waals surface area (Å²) in [6.45, 7) is 8.75. The Morgan fingerprint density at radius 1 is 1.10 bits per heavy atom. The number of aromatic nitrogens is 2. The lowest BCUT2D eigenvalue weighted by molar-refractivity contribution is 0.0535. The van der Waals surface area contributed by atoms with Crippen molar-refractivity contribution < 1.29 is 13.2 Å². The van der Waals surface area contributed by atoms with Crippen molar-refractivity contribution in [1.29, 1.82) is 0 Å². The molecule has 2 fully saturated rings. The van der Waals surface area contributed by atoms with Crippen LogP contribution in [0.25, 0.3) is 0 Å². The third-order valence-electron chi connectivity index (χ3n) is 6.33. The fraction of sp³-hybridized carbons (Fsp3) is 0.810. The average Bonchev–Trinajstić information content (AvgIpc) is 2.75. The molecule has 0 radical (unpaired) electrons. The maximum Gasteiger partial charge on any atom is 0.225 e. The molecule has 30 heavy (non-hydrogen) atoms. The second-order valence-electron chi connectivity index (χ2n) is 8.75. The molecule has 7 nitrogen and oxygen atoms in total. The number of nitrogens with zero attached hydrogens (tertiary/aromatic N) is 4. The number of halogens is 1. The van der Waals surface area contributed by atoms with E-state index >= 15 is 0 Å².